The van der Waals surface area contributed by atoms with Crippen LogP contribution < -0.4 is 0 Å². The molecule has 1 aromatic carbocycles. The van der Waals surface area contributed by atoms with Gasteiger partial charge in [-0.1, -0.05) is 18.2 Å². The molecule has 196 valence electrons. The summed E-state index contributed by atoms with van der Waals surface area (Å²) in [5, 5.41) is 8.35. The number of nitrogens with zero attached hydrogens (tertiary/aromatic N) is 6. The largest absolute Gasteiger partial charge is 0.379 e. The summed E-state index contributed by atoms with van der Waals surface area (Å²) in [6, 6.07) is 8.46. The van der Waals surface area contributed by atoms with E-state index < -0.39 is 0 Å². The molecule has 0 atom stereocenters. The Bertz CT molecular complexity index is 1730. The molecule has 1 aliphatic heterocycles. The third kappa shape index (κ3) is 5.12. The Labute approximate surface area is 224 Å². The van der Waals surface area contributed by atoms with E-state index in [-0.39, 0.29) is 5.82 Å². The maximum Gasteiger partial charge on any atom is 0.159 e. The van der Waals surface area contributed by atoms with Gasteiger partial charge in [0.2, 0.25) is 0 Å². The first-order chi connectivity index (χ1) is 19.1. The molecule has 0 aliphatic carbocycles. The van der Waals surface area contributed by atoms with Gasteiger partial charge in [0.15, 0.2) is 11.5 Å². The Morgan fingerprint density at radius 2 is 2.08 bits per heavy atom. The van der Waals surface area contributed by atoms with E-state index in [1.54, 1.807) is 24.7 Å². The number of morpholine rings is 1. The number of benzene rings is 1. The molecule has 6 rings (SSSR count). The summed E-state index contributed by atoms with van der Waals surface area (Å²) >= 11 is 0. The van der Waals surface area contributed by atoms with Crippen molar-refractivity contribution in [1.82, 2.24) is 35.0 Å². The van der Waals surface area contributed by atoms with Crippen molar-refractivity contribution >= 4 is 34.4 Å². The number of rotatable bonds is 7. The van der Waals surface area contributed by atoms with Crippen LogP contribution in [0.25, 0.3) is 50.3 Å². The van der Waals surface area contributed by atoms with Gasteiger partial charge in [0, 0.05) is 43.8 Å². The number of ether oxygens (including phenoxy) is 1. The van der Waals surface area contributed by atoms with E-state index in [1.165, 1.54) is 12.1 Å². The summed E-state index contributed by atoms with van der Waals surface area (Å²) < 4.78 is 19.4. The smallest absolute Gasteiger partial charge is 0.159 e. The van der Waals surface area contributed by atoms with E-state index >= 15 is 0 Å². The molecule has 0 unspecified atom stereocenters. The zero-order valence-electron chi connectivity index (χ0n) is 21.5. The summed E-state index contributed by atoms with van der Waals surface area (Å²) in [5.41, 5.74) is 7.23. The molecule has 5 aromatic rings. The maximum absolute atomic E-state index is 13.9. The molecule has 1 fully saturated rings. The van der Waals surface area contributed by atoms with Gasteiger partial charge in [-0.15, -0.1) is 0 Å². The first kappa shape index (κ1) is 24.8. The van der Waals surface area contributed by atoms with Crippen LogP contribution in [0.2, 0.25) is 0 Å². The van der Waals surface area contributed by atoms with Crippen molar-refractivity contribution in [3.8, 4) is 22.6 Å². The molecule has 1 aliphatic rings. The molecular weight excluding hydrogens is 495 g/mol. The van der Waals surface area contributed by atoms with E-state index in [0.717, 1.165) is 66.0 Å². The fraction of sp³-hybridized carbons (Fsp3) is 0.207. The minimum Gasteiger partial charge on any atom is -0.379 e. The summed E-state index contributed by atoms with van der Waals surface area (Å²) in [4.78, 5) is 23.5. The van der Waals surface area contributed by atoms with Crippen molar-refractivity contribution < 1.29 is 9.13 Å². The Hall–Kier alpha value is -4.54. The quantitative estimate of drug-likeness (QED) is 0.230. The normalized spacial score (nSPS) is 15.3. The molecule has 4 aromatic heterocycles. The molecule has 5 heterocycles. The minimum atomic E-state index is -0.313. The van der Waals surface area contributed by atoms with Crippen LogP contribution in [0.5, 0.6) is 0 Å². The topological polar surface area (TPSA) is 108 Å². The van der Waals surface area contributed by atoms with Crippen LogP contribution in [-0.2, 0) is 4.74 Å². The minimum absolute atomic E-state index is 0.313. The van der Waals surface area contributed by atoms with Crippen molar-refractivity contribution in [2.24, 2.45) is 4.99 Å². The Morgan fingerprint density at radius 1 is 1.21 bits per heavy atom. The van der Waals surface area contributed by atoms with Gasteiger partial charge < -0.3 is 9.72 Å². The number of nitrogens with one attached hydrogen (secondary N) is 2. The van der Waals surface area contributed by atoms with Gasteiger partial charge in [-0.05, 0) is 54.1 Å². The maximum atomic E-state index is 13.9. The van der Waals surface area contributed by atoms with Crippen molar-refractivity contribution in [3.05, 3.63) is 78.2 Å². The van der Waals surface area contributed by atoms with Crippen molar-refractivity contribution in [2.75, 3.05) is 32.8 Å². The van der Waals surface area contributed by atoms with E-state index in [0.29, 0.717) is 28.2 Å². The zero-order chi connectivity index (χ0) is 26.8. The highest BCUT2D eigenvalue weighted by atomic mass is 19.1. The number of aromatic nitrogens is 6. The second-order valence-corrected chi connectivity index (χ2v) is 9.47. The van der Waals surface area contributed by atoms with Crippen molar-refractivity contribution in [2.45, 2.75) is 6.92 Å². The molecular formula is C29H27FN8O. The average molecular weight is 523 g/mol. The fourth-order valence-corrected chi connectivity index (χ4v) is 4.83. The summed E-state index contributed by atoms with van der Waals surface area (Å²) in [7, 11) is 0. The number of allylic oxidation sites excluding steroid dienone is 1. The Morgan fingerprint density at radius 3 is 2.90 bits per heavy atom. The average Bonchev–Trinajstić information content (AvgIpc) is 3.57. The second-order valence-electron chi connectivity index (χ2n) is 9.47. The SMILES string of the molecule is C=N/C=C(\C=C(/C)c1cnc2[nH]nc(-c3nc4c(-c5cccc(F)c5)cncc4[nH]3)c2c1)CN1CCOCC1. The number of H-pyrrole nitrogens is 2. The molecule has 0 saturated carbocycles. The summed E-state index contributed by atoms with van der Waals surface area (Å²) in [5.74, 6) is 0.263. The lowest BCUT2D eigenvalue weighted by Gasteiger charge is -2.26. The third-order valence-electron chi connectivity index (χ3n) is 6.79. The zero-order valence-corrected chi connectivity index (χ0v) is 21.5. The van der Waals surface area contributed by atoms with Gasteiger partial charge >= 0.3 is 0 Å². The van der Waals surface area contributed by atoms with Crippen molar-refractivity contribution in [3.63, 3.8) is 0 Å². The molecule has 2 N–H and O–H groups in total. The Kier molecular flexibility index (Phi) is 6.78. The highest BCUT2D eigenvalue weighted by Gasteiger charge is 2.17. The molecule has 39 heavy (non-hydrogen) atoms. The number of fused-ring (bicyclic) bond motifs is 2. The highest BCUT2D eigenvalue weighted by molar-refractivity contribution is 5.96. The van der Waals surface area contributed by atoms with Crippen LogP contribution in [0.4, 0.5) is 4.39 Å². The van der Waals surface area contributed by atoms with Gasteiger partial charge in [-0.3, -0.25) is 20.0 Å². The van der Waals surface area contributed by atoms with Crippen LogP contribution in [0, 0.1) is 5.82 Å². The molecule has 0 spiro atoms. The number of pyridine rings is 2. The first-order valence-electron chi connectivity index (χ1n) is 12.7. The van der Waals surface area contributed by atoms with Gasteiger partial charge in [0.05, 0.1) is 35.8 Å². The first-order valence-corrected chi connectivity index (χ1v) is 12.7. The molecule has 0 radical (unpaired) electrons. The van der Waals surface area contributed by atoms with Gasteiger partial charge in [0.25, 0.3) is 0 Å². The lowest BCUT2D eigenvalue weighted by atomic mass is 10.0. The predicted octanol–water partition coefficient (Wildman–Crippen LogP) is 5.02. The third-order valence-corrected chi connectivity index (χ3v) is 6.79. The molecule has 10 heteroatoms. The van der Waals surface area contributed by atoms with E-state index in [9.17, 15) is 4.39 Å². The van der Waals surface area contributed by atoms with Gasteiger partial charge in [0.1, 0.15) is 11.5 Å². The summed E-state index contributed by atoms with van der Waals surface area (Å²) in [6.07, 6.45) is 9.14. The predicted molar refractivity (Wildman–Crippen MR) is 151 cm³/mol. The van der Waals surface area contributed by atoms with Gasteiger partial charge in [-0.25, -0.2) is 14.4 Å². The van der Waals surface area contributed by atoms with E-state index in [2.05, 4.69) is 60.8 Å². The van der Waals surface area contributed by atoms with Gasteiger partial charge in [-0.2, -0.15) is 5.10 Å². The lowest BCUT2D eigenvalue weighted by Crippen LogP contribution is -2.37. The standard InChI is InChI=1S/C29H27FN8O/c1-18(10-19(13-31-2)17-38-6-8-39-9-7-38)21-12-23-27(36-37-28(23)33-14-21)29-34-25-16-32-15-24(26(25)35-29)20-4-3-5-22(30)11-20/h3-5,10-16H,2,6-9,17H2,1H3,(H,34,35)(H,33,36,37)/b18-10+,19-13+. The Balaban J connectivity index is 1.35. The molecule has 0 bridgehead atoms. The number of imidazole rings is 1. The molecule has 1 saturated heterocycles. The number of aliphatic imine (C=N–C) groups is 1. The van der Waals surface area contributed by atoms with Crippen molar-refractivity contribution in [1.29, 1.82) is 0 Å². The summed E-state index contributed by atoms with van der Waals surface area (Å²) in [6.45, 7) is 9.73. The molecule has 0 amide bonds. The van der Waals surface area contributed by atoms with E-state index in [4.69, 9.17) is 9.72 Å². The molecule has 9 nitrogen and oxygen atoms in total. The van der Waals surface area contributed by atoms with Crippen LogP contribution >= 0.6 is 0 Å². The van der Waals surface area contributed by atoms with Crippen LogP contribution in [0.1, 0.15) is 12.5 Å². The van der Waals surface area contributed by atoms with Crippen LogP contribution in [-0.4, -0.2) is 74.6 Å². The van der Waals surface area contributed by atoms with E-state index in [1.807, 2.05) is 12.3 Å². The lowest BCUT2D eigenvalue weighted by molar-refractivity contribution is 0.0426. The number of halogens is 1. The second kappa shape index (κ2) is 10.7. The van der Waals surface area contributed by atoms with Crippen LogP contribution in [0.3, 0.4) is 0 Å². The monoisotopic (exact) mass is 522 g/mol. The fourth-order valence-electron chi connectivity index (χ4n) is 4.83. The highest BCUT2D eigenvalue weighted by Crippen LogP contribution is 2.31. The number of aromatic amines is 2. The van der Waals surface area contributed by atoms with Crippen LogP contribution in [0.15, 0.2) is 71.8 Å². The number of hydrogen-bond acceptors (Lipinski definition) is 7. The number of hydrogen-bond donors (Lipinski definition) is 2.